The lowest BCUT2D eigenvalue weighted by Crippen LogP contribution is -2.68. The zero-order chi connectivity index (χ0) is 25.6. The Morgan fingerprint density at radius 3 is 2.26 bits per heavy atom. The molecule has 0 aliphatic carbocycles. The van der Waals surface area contributed by atoms with Gasteiger partial charge in [0.2, 0.25) is 5.69 Å². The maximum absolute atomic E-state index is 4.47. The molecule has 1 aromatic heterocycles. The van der Waals surface area contributed by atoms with Crippen molar-refractivity contribution in [2.75, 3.05) is 0 Å². The van der Waals surface area contributed by atoms with Crippen molar-refractivity contribution in [2.45, 2.75) is 96.7 Å². The van der Waals surface area contributed by atoms with Crippen LogP contribution in [0.25, 0.3) is 22.0 Å². The van der Waals surface area contributed by atoms with E-state index in [-0.39, 0.29) is 11.0 Å². The number of aromatic nitrogens is 1. The summed E-state index contributed by atoms with van der Waals surface area (Å²) in [5.74, 6) is 0. The molecule has 0 fully saturated rings. The monoisotopic (exact) mass is 498 g/mol. The molecule has 35 heavy (non-hydrogen) atoms. The van der Waals surface area contributed by atoms with E-state index in [1.54, 1.807) is 10.4 Å². The van der Waals surface area contributed by atoms with Crippen molar-refractivity contribution in [2.24, 2.45) is 0 Å². The van der Waals surface area contributed by atoms with Gasteiger partial charge in [-0.3, -0.25) is 0 Å². The summed E-state index contributed by atoms with van der Waals surface area (Å²) in [5, 5.41) is 6.47. The van der Waals surface area contributed by atoms with Gasteiger partial charge in [-0.1, -0.05) is 86.8 Å². The highest BCUT2D eigenvalue weighted by Crippen LogP contribution is 2.52. The van der Waals surface area contributed by atoms with Crippen molar-refractivity contribution in [1.29, 1.82) is 0 Å². The van der Waals surface area contributed by atoms with E-state index in [4.69, 9.17) is 0 Å². The van der Waals surface area contributed by atoms with Crippen LogP contribution in [-0.2, 0) is 11.0 Å². The standard InChI is InChI=1S/C32H44NSi2/c1-11-31(6)28-23(5)20-22(4)21-26(28)29-24-14-15-27-30(35(9,10)19-18-34(27,7)8)25(24)16-17-33(29)32(31,12-2)13-3/h12,14-17,20-21H,2,11,13,18-19H2,1,3-10H3/q+1. The number of hydrogen-bond donors (Lipinski definition) is 0. The van der Waals surface area contributed by atoms with Gasteiger partial charge in [-0.05, 0) is 61.9 Å². The van der Waals surface area contributed by atoms with Gasteiger partial charge in [0.1, 0.15) is 0 Å². The van der Waals surface area contributed by atoms with Crippen LogP contribution in [-0.4, -0.2) is 16.1 Å². The van der Waals surface area contributed by atoms with Crippen molar-refractivity contribution < 1.29 is 4.57 Å². The highest BCUT2D eigenvalue weighted by Gasteiger charge is 2.58. The molecule has 3 aromatic rings. The topological polar surface area (TPSA) is 3.88 Å². The van der Waals surface area contributed by atoms with Crippen LogP contribution in [0, 0.1) is 13.8 Å². The minimum atomic E-state index is -1.51. The molecule has 2 aliphatic rings. The van der Waals surface area contributed by atoms with Crippen molar-refractivity contribution in [3.8, 4) is 11.3 Å². The Kier molecular flexibility index (Phi) is 5.48. The molecule has 0 N–H and O–H groups in total. The van der Waals surface area contributed by atoms with Crippen molar-refractivity contribution in [3.63, 3.8) is 0 Å². The summed E-state index contributed by atoms with van der Waals surface area (Å²) in [4.78, 5) is 0. The Morgan fingerprint density at radius 2 is 1.63 bits per heavy atom. The predicted octanol–water partition coefficient (Wildman–Crippen LogP) is 7.23. The minimum Gasteiger partial charge on any atom is -0.188 e. The Labute approximate surface area is 215 Å². The number of benzene rings is 2. The third kappa shape index (κ3) is 3.07. The number of nitrogens with zero attached hydrogens (tertiary/aromatic N) is 1. The van der Waals surface area contributed by atoms with E-state index < -0.39 is 16.1 Å². The Morgan fingerprint density at radius 1 is 0.943 bits per heavy atom. The Hall–Kier alpha value is -1.98. The molecule has 2 aliphatic heterocycles. The second-order valence-electron chi connectivity index (χ2n) is 12.9. The van der Waals surface area contributed by atoms with Crippen LogP contribution >= 0.6 is 0 Å². The van der Waals surface area contributed by atoms with E-state index in [9.17, 15) is 0 Å². The number of pyridine rings is 1. The maximum Gasteiger partial charge on any atom is 0.221 e. The van der Waals surface area contributed by atoms with E-state index in [1.165, 1.54) is 50.8 Å². The summed E-state index contributed by atoms with van der Waals surface area (Å²) >= 11 is 0. The number of fused-ring (bicyclic) bond motifs is 7. The van der Waals surface area contributed by atoms with E-state index in [1.807, 2.05) is 0 Å². The van der Waals surface area contributed by atoms with Gasteiger partial charge in [-0.25, -0.2) is 0 Å². The third-order valence-electron chi connectivity index (χ3n) is 10.2. The number of aryl methyl sites for hydroxylation is 2. The van der Waals surface area contributed by atoms with Crippen molar-refractivity contribution >= 4 is 37.3 Å². The van der Waals surface area contributed by atoms with Gasteiger partial charge in [0.05, 0.1) is 32.5 Å². The normalized spacial score (nSPS) is 26.1. The number of allylic oxidation sites excluding steroid dienone is 1. The number of rotatable bonds is 3. The SMILES string of the molecule is C=CC1(CC)[n+]2ccc3c4c(ccc3c2-c2cc(C)cc(C)c2C1(C)CC)[Si](C)(C)CC[Si]4(C)C. The fourth-order valence-electron chi connectivity index (χ4n) is 8.02. The molecule has 5 rings (SSSR count). The first-order chi connectivity index (χ1) is 16.4. The fraction of sp³-hybridized carbons (Fsp3) is 0.469. The van der Waals surface area contributed by atoms with Gasteiger partial charge >= 0.3 is 0 Å². The van der Waals surface area contributed by atoms with Gasteiger partial charge in [0, 0.05) is 12.5 Å². The second kappa shape index (κ2) is 7.76. The average molecular weight is 499 g/mol. The quantitative estimate of drug-likeness (QED) is 0.204. The molecule has 0 bridgehead atoms. The molecule has 0 spiro atoms. The molecule has 3 heterocycles. The first kappa shape index (κ1) is 24.7. The smallest absolute Gasteiger partial charge is 0.188 e. The molecule has 2 aromatic carbocycles. The summed E-state index contributed by atoms with van der Waals surface area (Å²) < 4.78 is 2.62. The molecular weight excluding hydrogens is 455 g/mol. The van der Waals surface area contributed by atoms with Crippen LogP contribution in [0.15, 0.2) is 49.2 Å². The van der Waals surface area contributed by atoms with Gasteiger partial charge in [0.25, 0.3) is 0 Å². The van der Waals surface area contributed by atoms with Crippen LogP contribution in [0.4, 0.5) is 0 Å². The van der Waals surface area contributed by atoms with Gasteiger partial charge in [-0.2, -0.15) is 4.57 Å². The molecule has 2 atom stereocenters. The molecular formula is C32H44NSi2+. The highest BCUT2D eigenvalue weighted by atomic mass is 28.3. The van der Waals surface area contributed by atoms with Crippen LogP contribution < -0.4 is 14.9 Å². The average Bonchev–Trinajstić information content (AvgIpc) is 2.81. The lowest BCUT2D eigenvalue weighted by atomic mass is 9.58. The second-order valence-corrected chi connectivity index (χ2v) is 22.5. The van der Waals surface area contributed by atoms with E-state index in [0.29, 0.717) is 0 Å². The molecule has 0 saturated heterocycles. The molecule has 0 amide bonds. The van der Waals surface area contributed by atoms with E-state index in [2.05, 4.69) is 115 Å². The summed E-state index contributed by atoms with van der Waals surface area (Å²) in [5.41, 5.74) is 6.99. The van der Waals surface area contributed by atoms with Gasteiger partial charge in [0.15, 0.2) is 11.7 Å². The predicted molar refractivity (Wildman–Crippen MR) is 159 cm³/mol. The van der Waals surface area contributed by atoms with Crippen LogP contribution in [0.5, 0.6) is 0 Å². The van der Waals surface area contributed by atoms with Crippen molar-refractivity contribution in [1.82, 2.24) is 0 Å². The van der Waals surface area contributed by atoms with Crippen LogP contribution in [0.3, 0.4) is 0 Å². The lowest BCUT2D eigenvalue weighted by molar-refractivity contribution is -0.755. The molecule has 184 valence electrons. The lowest BCUT2D eigenvalue weighted by Gasteiger charge is -2.47. The summed E-state index contributed by atoms with van der Waals surface area (Å²) in [6.45, 7) is 26.6. The zero-order valence-electron chi connectivity index (χ0n) is 23.5. The van der Waals surface area contributed by atoms with E-state index >= 15 is 0 Å². The Balaban J connectivity index is 2.01. The zero-order valence-corrected chi connectivity index (χ0v) is 25.5. The Bertz CT molecular complexity index is 1380. The third-order valence-corrected chi connectivity index (χ3v) is 17.7. The molecule has 0 saturated carbocycles. The minimum absolute atomic E-state index is 0.0148. The first-order valence-corrected chi connectivity index (χ1v) is 20.1. The highest BCUT2D eigenvalue weighted by molar-refractivity contribution is 7.04. The van der Waals surface area contributed by atoms with E-state index in [0.717, 1.165) is 12.8 Å². The number of hydrogen-bond acceptors (Lipinski definition) is 0. The fourth-order valence-corrected chi connectivity index (χ4v) is 18.7. The van der Waals surface area contributed by atoms with Crippen molar-refractivity contribution in [3.05, 3.63) is 65.9 Å². The largest absolute Gasteiger partial charge is 0.221 e. The van der Waals surface area contributed by atoms with Gasteiger partial charge in [-0.15, -0.1) is 0 Å². The van der Waals surface area contributed by atoms with Crippen LogP contribution in [0.2, 0.25) is 38.3 Å². The maximum atomic E-state index is 4.47. The molecule has 2 unspecified atom stereocenters. The molecule has 1 nitrogen and oxygen atoms in total. The summed E-state index contributed by atoms with van der Waals surface area (Å²) in [6, 6.07) is 15.3. The first-order valence-electron chi connectivity index (χ1n) is 13.7. The van der Waals surface area contributed by atoms with Gasteiger partial charge < -0.3 is 0 Å². The molecule has 0 radical (unpaired) electrons. The summed E-state index contributed by atoms with van der Waals surface area (Å²) in [7, 11) is -2.91. The van der Waals surface area contributed by atoms with Crippen LogP contribution in [0.1, 0.15) is 50.3 Å². The summed E-state index contributed by atoms with van der Waals surface area (Å²) in [6.07, 6.45) is 6.81. The molecule has 3 heteroatoms.